The SMILES string of the molecule is O=C(c1cncc(NC2CCN(CCc3ccccc3)CC2)n1)N1CCCC1. The summed E-state index contributed by atoms with van der Waals surface area (Å²) in [7, 11) is 0. The van der Waals surface area contributed by atoms with Gasteiger partial charge in [-0.2, -0.15) is 0 Å². The van der Waals surface area contributed by atoms with Crippen LogP contribution in [0.15, 0.2) is 42.7 Å². The Morgan fingerprint density at radius 3 is 2.54 bits per heavy atom. The molecule has 28 heavy (non-hydrogen) atoms. The highest BCUT2D eigenvalue weighted by atomic mass is 16.2. The van der Waals surface area contributed by atoms with Gasteiger partial charge in [0.25, 0.3) is 5.91 Å². The zero-order valence-corrected chi connectivity index (χ0v) is 16.4. The van der Waals surface area contributed by atoms with Gasteiger partial charge in [0.1, 0.15) is 11.5 Å². The molecule has 0 unspecified atom stereocenters. The molecule has 1 amide bonds. The highest BCUT2D eigenvalue weighted by Crippen LogP contribution is 2.17. The minimum absolute atomic E-state index is 0.00406. The molecule has 0 aliphatic carbocycles. The molecule has 2 aromatic rings. The van der Waals surface area contributed by atoms with Gasteiger partial charge < -0.3 is 15.1 Å². The highest BCUT2D eigenvalue weighted by molar-refractivity contribution is 5.92. The van der Waals surface area contributed by atoms with Crippen LogP contribution in [0.1, 0.15) is 41.7 Å². The summed E-state index contributed by atoms with van der Waals surface area (Å²) in [5.41, 5.74) is 1.85. The lowest BCUT2D eigenvalue weighted by Crippen LogP contribution is -2.40. The van der Waals surface area contributed by atoms with Gasteiger partial charge in [0, 0.05) is 38.8 Å². The van der Waals surface area contributed by atoms with Crippen LogP contribution in [0.5, 0.6) is 0 Å². The van der Waals surface area contributed by atoms with E-state index in [1.165, 1.54) is 5.56 Å². The maximum Gasteiger partial charge on any atom is 0.274 e. The van der Waals surface area contributed by atoms with Crippen molar-refractivity contribution in [3.8, 4) is 0 Å². The molecule has 0 radical (unpaired) electrons. The number of hydrogen-bond acceptors (Lipinski definition) is 5. The van der Waals surface area contributed by atoms with Crippen molar-refractivity contribution in [3.05, 3.63) is 54.0 Å². The van der Waals surface area contributed by atoms with E-state index >= 15 is 0 Å². The number of anilines is 1. The molecule has 0 atom stereocenters. The van der Waals surface area contributed by atoms with Gasteiger partial charge in [0.05, 0.1) is 12.4 Å². The summed E-state index contributed by atoms with van der Waals surface area (Å²) in [4.78, 5) is 25.7. The van der Waals surface area contributed by atoms with Crippen molar-refractivity contribution in [2.45, 2.75) is 38.1 Å². The normalized spacial score (nSPS) is 18.4. The van der Waals surface area contributed by atoms with E-state index in [9.17, 15) is 4.79 Å². The molecule has 6 heteroatoms. The van der Waals surface area contributed by atoms with E-state index in [2.05, 4.69) is 50.5 Å². The Hall–Kier alpha value is -2.47. The Labute approximate surface area is 167 Å². The minimum atomic E-state index is 0.00406. The average molecular weight is 380 g/mol. The second-order valence-corrected chi connectivity index (χ2v) is 7.78. The third-order valence-electron chi connectivity index (χ3n) is 5.75. The van der Waals surface area contributed by atoms with Crippen LogP contribution < -0.4 is 5.32 Å². The third-order valence-corrected chi connectivity index (χ3v) is 5.75. The highest BCUT2D eigenvalue weighted by Gasteiger charge is 2.22. The van der Waals surface area contributed by atoms with Gasteiger partial charge in [-0.1, -0.05) is 30.3 Å². The van der Waals surface area contributed by atoms with Gasteiger partial charge >= 0.3 is 0 Å². The molecule has 3 heterocycles. The Balaban J connectivity index is 1.25. The number of nitrogens with one attached hydrogen (secondary N) is 1. The van der Waals surface area contributed by atoms with Gasteiger partial charge in [0.2, 0.25) is 0 Å². The number of likely N-dealkylation sites (tertiary alicyclic amines) is 2. The molecule has 0 saturated carbocycles. The Morgan fingerprint density at radius 1 is 1.04 bits per heavy atom. The van der Waals surface area contributed by atoms with E-state index in [0.717, 1.165) is 64.8 Å². The standard InChI is InChI=1S/C22H29N5O/c28-22(27-11-4-5-12-27)20-16-23-17-21(25-20)24-19-9-14-26(15-10-19)13-8-18-6-2-1-3-7-18/h1-3,6-7,16-17,19H,4-5,8-15H2,(H,24,25). The summed E-state index contributed by atoms with van der Waals surface area (Å²) in [6, 6.07) is 11.1. The summed E-state index contributed by atoms with van der Waals surface area (Å²) >= 11 is 0. The summed E-state index contributed by atoms with van der Waals surface area (Å²) < 4.78 is 0. The van der Waals surface area contributed by atoms with Crippen molar-refractivity contribution in [2.75, 3.05) is 38.0 Å². The zero-order chi connectivity index (χ0) is 19.2. The minimum Gasteiger partial charge on any atom is -0.366 e. The Morgan fingerprint density at radius 2 is 1.79 bits per heavy atom. The van der Waals surface area contributed by atoms with Gasteiger partial charge in [-0.25, -0.2) is 4.98 Å². The van der Waals surface area contributed by atoms with Crippen LogP contribution in [0.2, 0.25) is 0 Å². The number of amides is 1. The lowest BCUT2D eigenvalue weighted by atomic mass is 10.0. The first-order chi connectivity index (χ1) is 13.8. The van der Waals surface area contributed by atoms with Gasteiger partial charge in [-0.05, 0) is 37.7 Å². The van der Waals surface area contributed by atoms with Crippen LogP contribution >= 0.6 is 0 Å². The van der Waals surface area contributed by atoms with Crippen LogP contribution in [0, 0.1) is 0 Å². The van der Waals surface area contributed by atoms with Gasteiger partial charge in [0.15, 0.2) is 0 Å². The maximum atomic E-state index is 12.5. The van der Waals surface area contributed by atoms with E-state index in [1.54, 1.807) is 12.4 Å². The van der Waals surface area contributed by atoms with Crippen molar-refractivity contribution >= 4 is 11.7 Å². The van der Waals surface area contributed by atoms with Crippen LogP contribution in [0.4, 0.5) is 5.82 Å². The molecule has 1 aromatic carbocycles. The molecular weight excluding hydrogens is 350 g/mol. The van der Waals surface area contributed by atoms with Crippen LogP contribution in [0.3, 0.4) is 0 Å². The lowest BCUT2D eigenvalue weighted by Gasteiger charge is -2.32. The topological polar surface area (TPSA) is 61.4 Å². The molecule has 2 aliphatic heterocycles. The number of hydrogen-bond donors (Lipinski definition) is 1. The first-order valence-electron chi connectivity index (χ1n) is 10.4. The van der Waals surface area contributed by atoms with E-state index in [4.69, 9.17) is 0 Å². The number of nitrogens with zero attached hydrogens (tertiary/aromatic N) is 4. The number of aromatic nitrogens is 2. The Bertz CT molecular complexity index is 768. The number of piperidine rings is 1. The second kappa shape index (κ2) is 9.15. The molecule has 2 aliphatic rings. The summed E-state index contributed by atoms with van der Waals surface area (Å²) in [5, 5.41) is 3.49. The predicted octanol–water partition coefficient (Wildman–Crippen LogP) is 2.83. The number of carbonyl (C=O) groups excluding carboxylic acids is 1. The predicted molar refractivity (Wildman–Crippen MR) is 110 cm³/mol. The van der Waals surface area contributed by atoms with Crippen LogP contribution in [0.25, 0.3) is 0 Å². The largest absolute Gasteiger partial charge is 0.366 e. The molecular formula is C22H29N5O. The van der Waals surface area contributed by atoms with Crippen molar-refractivity contribution in [1.82, 2.24) is 19.8 Å². The van der Waals surface area contributed by atoms with Crippen molar-refractivity contribution in [2.24, 2.45) is 0 Å². The molecule has 6 nitrogen and oxygen atoms in total. The van der Waals surface area contributed by atoms with Crippen molar-refractivity contribution in [1.29, 1.82) is 0 Å². The van der Waals surface area contributed by atoms with E-state index in [0.29, 0.717) is 17.6 Å². The molecule has 148 valence electrons. The Kier molecular flexibility index (Phi) is 6.17. The monoisotopic (exact) mass is 379 g/mol. The average Bonchev–Trinajstić information content (AvgIpc) is 3.29. The molecule has 1 aromatic heterocycles. The molecule has 1 N–H and O–H groups in total. The molecule has 0 bridgehead atoms. The number of benzene rings is 1. The molecule has 4 rings (SSSR count). The van der Waals surface area contributed by atoms with E-state index in [1.807, 2.05) is 4.90 Å². The fraction of sp³-hybridized carbons (Fsp3) is 0.500. The molecule has 2 saturated heterocycles. The van der Waals surface area contributed by atoms with Crippen molar-refractivity contribution in [3.63, 3.8) is 0 Å². The van der Waals surface area contributed by atoms with E-state index < -0.39 is 0 Å². The fourth-order valence-corrected chi connectivity index (χ4v) is 4.06. The second-order valence-electron chi connectivity index (χ2n) is 7.78. The van der Waals surface area contributed by atoms with Gasteiger partial charge in [-0.3, -0.25) is 9.78 Å². The molecule has 0 spiro atoms. The van der Waals surface area contributed by atoms with Crippen LogP contribution in [-0.2, 0) is 6.42 Å². The summed E-state index contributed by atoms with van der Waals surface area (Å²) in [6.07, 6.45) is 8.74. The zero-order valence-electron chi connectivity index (χ0n) is 16.4. The first-order valence-corrected chi connectivity index (χ1v) is 10.4. The molecule has 2 fully saturated rings. The third kappa shape index (κ3) is 4.87. The quantitative estimate of drug-likeness (QED) is 0.836. The maximum absolute atomic E-state index is 12.5. The smallest absolute Gasteiger partial charge is 0.274 e. The van der Waals surface area contributed by atoms with Gasteiger partial charge in [-0.15, -0.1) is 0 Å². The summed E-state index contributed by atoms with van der Waals surface area (Å²) in [6.45, 7) is 4.95. The summed E-state index contributed by atoms with van der Waals surface area (Å²) in [5.74, 6) is 0.720. The van der Waals surface area contributed by atoms with Crippen molar-refractivity contribution < 1.29 is 4.79 Å². The lowest BCUT2D eigenvalue weighted by molar-refractivity contribution is 0.0786. The first kappa shape index (κ1) is 18.9. The fourth-order valence-electron chi connectivity index (χ4n) is 4.06. The van der Waals surface area contributed by atoms with E-state index in [-0.39, 0.29) is 5.91 Å². The number of carbonyl (C=O) groups is 1. The van der Waals surface area contributed by atoms with Crippen LogP contribution in [-0.4, -0.2) is 64.4 Å². The number of rotatable bonds is 6.